The summed E-state index contributed by atoms with van der Waals surface area (Å²) in [5.41, 5.74) is 4.27. The van der Waals surface area contributed by atoms with Crippen molar-refractivity contribution in [3.05, 3.63) is 71.2 Å². The average molecular weight is 350 g/mol. The molecule has 1 N–H and O–H groups in total. The topological polar surface area (TPSA) is 45.3 Å². The zero-order chi connectivity index (χ0) is 17.9. The van der Waals surface area contributed by atoms with Crippen molar-refractivity contribution in [2.24, 2.45) is 0 Å². The van der Waals surface area contributed by atoms with Gasteiger partial charge in [0.2, 0.25) is 0 Å². The Morgan fingerprint density at radius 2 is 1.92 bits per heavy atom. The van der Waals surface area contributed by atoms with Gasteiger partial charge >= 0.3 is 6.09 Å². The van der Waals surface area contributed by atoms with E-state index in [1.165, 1.54) is 30.2 Å². The van der Waals surface area contributed by atoms with E-state index in [1.807, 2.05) is 12.1 Å². The third-order valence-electron chi connectivity index (χ3n) is 5.77. The predicted octanol–water partition coefficient (Wildman–Crippen LogP) is 4.51. The molecule has 2 aromatic carbocycles. The van der Waals surface area contributed by atoms with Crippen LogP contribution in [0.2, 0.25) is 0 Å². The number of nitrogens with one attached hydrogen (secondary N) is 1. The average Bonchev–Trinajstić information content (AvgIpc) is 3.31. The van der Waals surface area contributed by atoms with Crippen molar-refractivity contribution in [2.45, 2.75) is 24.3 Å². The van der Waals surface area contributed by atoms with Gasteiger partial charge in [0.25, 0.3) is 0 Å². The third kappa shape index (κ3) is 2.09. The van der Waals surface area contributed by atoms with Crippen molar-refractivity contribution >= 4 is 17.0 Å². The number of nitrogens with zero attached hydrogens (tertiary/aromatic N) is 1. The van der Waals surface area contributed by atoms with E-state index in [0.717, 1.165) is 29.6 Å². The van der Waals surface area contributed by atoms with Crippen LogP contribution in [0.15, 0.2) is 48.5 Å². The minimum Gasteiger partial charge on any atom is -0.453 e. The number of amides is 1. The zero-order valence-corrected chi connectivity index (χ0v) is 14.5. The van der Waals surface area contributed by atoms with Gasteiger partial charge in [0.1, 0.15) is 11.9 Å². The van der Waals surface area contributed by atoms with E-state index in [9.17, 15) is 9.18 Å². The van der Waals surface area contributed by atoms with Crippen LogP contribution in [0.4, 0.5) is 9.18 Å². The maximum absolute atomic E-state index is 13.5. The van der Waals surface area contributed by atoms with Gasteiger partial charge in [-0.1, -0.05) is 30.3 Å². The molecule has 0 bridgehead atoms. The van der Waals surface area contributed by atoms with Gasteiger partial charge in [-0.15, -0.1) is 0 Å². The van der Waals surface area contributed by atoms with Gasteiger partial charge in [0.15, 0.2) is 0 Å². The molecule has 132 valence electrons. The second-order valence-corrected chi connectivity index (χ2v) is 7.29. The predicted molar refractivity (Wildman–Crippen MR) is 96.6 cm³/mol. The molecule has 0 saturated heterocycles. The fraction of sp³-hybridized carbons (Fsp3) is 0.286. The number of carbonyl (C=O) groups is 1. The van der Waals surface area contributed by atoms with Crippen molar-refractivity contribution in [3.8, 4) is 0 Å². The first-order valence-electron chi connectivity index (χ1n) is 8.84. The van der Waals surface area contributed by atoms with E-state index in [0.29, 0.717) is 6.54 Å². The number of ether oxygens (including phenoxy) is 1. The molecule has 1 aromatic heterocycles. The summed E-state index contributed by atoms with van der Waals surface area (Å²) in [4.78, 5) is 17.9. The molecule has 1 aliphatic carbocycles. The van der Waals surface area contributed by atoms with Crippen molar-refractivity contribution in [3.63, 3.8) is 0 Å². The van der Waals surface area contributed by atoms with Gasteiger partial charge in [-0.3, -0.25) is 4.90 Å². The molecule has 1 spiro atoms. The molecule has 5 rings (SSSR count). The number of hydrogen-bond donors (Lipinski definition) is 1. The van der Waals surface area contributed by atoms with Crippen molar-refractivity contribution in [2.75, 3.05) is 13.7 Å². The molecule has 1 aliphatic heterocycles. The quantitative estimate of drug-likeness (QED) is 0.702. The smallest absolute Gasteiger partial charge is 0.410 e. The van der Waals surface area contributed by atoms with Crippen molar-refractivity contribution in [1.82, 2.24) is 9.88 Å². The van der Waals surface area contributed by atoms with E-state index in [2.05, 4.69) is 17.1 Å². The number of H-pyrrole nitrogens is 1. The lowest BCUT2D eigenvalue weighted by Gasteiger charge is -2.39. The molecule has 0 radical (unpaired) electrons. The molecule has 5 heteroatoms. The fourth-order valence-electron chi connectivity index (χ4n) is 4.43. The standard InChI is InChI=1S/C21H19FN2O2/c1-26-20(25)24-12-21(10-11-21)17-15-4-2-3-5-16(15)23-18(17)19(24)13-6-8-14(22)9-7-13/h2-9,19,23H,10-12H2,1H3. The van der Waals surface area contributed by atoms with Gasteiger partial charge in [-0.05, 0) is 42.2 Å². The van der Waals surface area contributed by atoms with Crippen LogP contribution in [-0.4, -0.2) is 29.6 Å². The Morgan fingerprint density at radius 1 is 1.19 bits per heavy atom. The van der Waals surface area contributed by atoms with Crippen LogP contribution in [0.25, 0.3) is 10.9 Å². The Balaban J connectivity index is 1.77. The number of benzene rings is 2. The van der Waals surface area contributed by atoms with Crippen molar-refractivity contribution in [1.29, 1.82) is 0 Å². The molecular formula is C21H19FN2O2. The minimum absolute atomic E-state index is 0.000340. The first kappa shape index (κ1) is 15.4. The lowest BCUT2D eigenvalue weighted by Crippen LogP contribution is -2.45. The normalized spacial score (nSPS) is 20.2. The summed E-state index contributed by atoms with van der Waals surface area (Å²) in [6.45, 7) is 0.622. The summed E-state index contributed by atoms with van der Waals surface area (Å²) in [6.07, 6.45) is 1.77. The Bertz CT molecular complexity index is 1000. The monoisotopic (exact) mass is 350 g/mol. The van der Waals surface area contributed by atoms with E-state index in [4.69, 9.17) is 4.74 Å². The van der Waals surface area contributed by atoms with E-state index in [1.54, 1.807) is 17.0 Å². The number of hydrogen-bond acceptors (Lipinski definition) is 2. The van der Waals surface area contributed by atoms with Crippen LogP contribution >= 0.6 is 0 Å². The molecule has 26 heavy (non-hydrogen) atoms. The van der Waals surface area contributed by atoms with E-state index in [-0.39, 0.29) is 23.4 Å². The molecule has 4 nitrogen and oxygen atoms in total. The lowest BCUT2D eigenvalue weighted by molar-refractivity contribution is 0.101. The molecule has 1 amide bonds. The number of methoxy groups -OCH3 is 1. The number of aromatic amines is 1. The van der Waals surface area contributed by atoms with Crippen LogP contribution in [-0.2, 0) is 10.2 Å². The number of carbonyl (C=O) groups excluding carboxylic acids is 1. The second-order valence-electron chi connectivity index (χ2n) is 7.29. The molecule has 1 atom stereocenters. The Labute approximate surface area is 150 Å². The Hall–Kier alpha value is -2.82. The summed E-state index contributed by atoms with van der Waals surface area (Å²) in [7, 11) is 1.41. The summed E-state index contributed by atoms with van der Waals surface area (Å²) in [5.74, 6) is -0.287. The SMILES string of the molecule is COC(=O)N1CC2(CC2)c2c([nH]c3ccccc23)C1c1ccc(F)cc1. The molecule has 1 fully saturated rings. The number of fused-ring (bicyclic) bond motifs is 4. The summed E-state index contributed by atoms with van der Waals surface area (Å²) in [5, 5.41) is 1.22. The van der Waals surface area contributed by atoms with Crippen LogP contribution in [0.3, 0.4) is 0 Å². The van der Waals surface area contributed by atoms with Crippen molar-refractivity contribution < 1.29 is 13.9 Å². The minimum atomic E-state index is -0.352. The summed E-state index contributed by atoms with van der Waals surface area (Å²) >= 11 is 0. The second kappa shape index (κ2) is 5.34. The van der Waals surface area contributed by atoms with Crippen LogP contribution < -0.4 is 0 Å². The Morgan fingerprint density at radius 3 is 2.62 bits per heavy atom. The Kier molecular flexibility index (Phi) is 3.17. The first-order valence-corrected chi connectivity index (χ1v) is 8.84. The van der Waals surface area contributed by atoms with Gasteiger partial charge in [-0.25, -0.2) is 9.18 Å². The molecular weight excluding hydrogens is 331 g/mol. The molecule has 1 unspecified atom stereocenters. The largest absolute Gasteiger partial charge is 0.453 e. The fourth-order valence-corrected chi connectivity index (χ4v) is 4.43. The summed E-state index contributed by atoms with van der Waals surface area (Å²) in [6, 6.07) is 14.3. The van der Waals surface area contributed by atoms with Crippen LogP contribution in [0, 0.1) is 5.82 Å². The number of para-hydroxylation sites is 1. The first-order chi connectivity index (χ1) is 12.6. The zero-order valence-electron chi connectivity index (χ0n) is 14.5. The third-order valence-corrected chi connectivity index (χ3v) is 5.77. The molecule has 2 aliphatic rings. The molecule has 1 saturated carbocycles. The highest BCUT2D eigenvalue weighted by Crippen LogP contribution is 2.57. The highest BCUT2D eigenvalue weighted by atomic mass is 19.1. The van der Waals surface area contributed by atoms with Gasteiger partial charge in [0, 0.05) is 28.6 Å². The van der Waals surface area contributed by atoms with E-state index < -0.39 is 0 Å². The van der Waals surface area contributed by atoms with Gasteiger partial charge in [-0.2, -0.15) is 0 Å². The highest BCUT2D eigenvalue weighted by molar-refractivity contribution is 5.88. The number of halogens is 1. The highest BCUT2D eigenvalue weighted by Gasteiger charge is 2.55. The number of rotatable bonds is 1. The maximum atomic E-state index is 13.5. The van der Waals surface area contributed by atoms with Gasteiger partial charge in [0.05, 0.1) is 7.11 Å². The van der Waals surface area contributed by atoms with Crippen LogP contribution in [0.1, 0.15) is 35.7 Å². The van der Waals surface area contributed by atoms with Crippen LogP contribution in [0.5, 0.6) is 0 Å². The molecule has 3 aromatic rings. The maximum Gasteiger partial charge on any atom is 0.410 e. The van der Waals surface area contributed by atoms with E-state index >= 15 is 0 Å². The lowest BCUT2D eigenvalue weighted by atomic mass is 9.83. The number of aromatic nitrogens is 1. The summed E-state index contributed by atoms with van der Waals surface area (Å²) < 4.78 is 18.5. The molecule has 2 heterocycles. The van der Waals surface area contributed by atoms with Gasteiger partial charge < -0.3 is 9.72 Å².